The summed E-state index contributed by atoms with van der Waals surface area (Å²) < 4.78 is 5.49. The molecule has 0 fully saturated rings. The minimum Gasteiger partial charge on any atom is -0.466 e. The number of esters is 1. The summed E-state index contributed by atoms with van der Waals surface area (Å²) in [5.74, 6) is -0.0527. The van der Waals surface area contributed by atoms with E-state index in [0.717, 1.165) is 51.4 Å². The lowest BCUT2D eigenvalue weighted by atomic mass is 10.0. The molecule has 0 aliphatic carbocycles. The number of carbonyl (C=O) groups excluding carboxylic acids is 2. The molecule has 1 amide bonds. The van der Waals surface area contributed by atoms with E-state index in [1.807, 2.05) is 6.08 Å². The smallest absolute Gasteiger partial charge is 0.305 e. The Kier molecular flexibility index (Phi) is 67.9. The number of amides is 1. The molecule has 0 aliphatic rings. The van der Waals surface area contributed by atoms with Gasteiger partial charge in [0.15, 0.2) is 0 Å². The van der Waals surface area contributed by atoms with Crippen molar-refractivity contribution in [3.8, 4) is 0 Å². The second-order valence-corrected chi connectivity index (χ2v) is 24.9. The zero-order valence-corrected chi connectivity index (χ0v) is 54.1. The van der Waals surface area contributed by atoms with E-state index in [1.165, 1.54) is 321 Å². The van der Waals surface area contributed by atoms with Gasteiger partial charge in [0.2, 0.25) is 5.91 Å². The van der Waals surface area contributed by atoms with Gasteiger partial charge in [-0.3, -0.25) is 9.59 Å². The highest BCUT2D eigenvalue weighted by molar-refractivity contribution is 5.76. The molecule has 472 valence electrons. The van der Waals surface area contributed by atoms with Gasteiger partial charge in [-0.2, -0.15) is 0 Å². The molecule has 0 rings (SSSR count). The van der Waals surface area contributed by atoms with E-state index in [1.54, 1.807) is 6.08 Å². The SMILES string of the molecule is CCCCC/C=C\C/C=C\CCCCCCCC(=O)OCCCCCCCCCCCCCCCCCCCCCCCCCCCCCCCCCCCCCC(=O)NC(CO)C(O)/C=C/CCCCCCCCCCCCC. The van der Waals surface area contributed by atoms with E-state index in [9.17, 15) is 19.8 Å². The minimum absolute atomic E-state index is 0.00858. The number of nitrogens with one attached hydrogen (secondary N) is 1. The van der Waals surface area contributed by atoms with Crippen LogP contribution in [0.1, 0.15) is 399 Å². The minimum atomic E-state index is -0.840. The molecular weight excluding hydrogens is 983 g/mol. The molecule has 0 saturated heterocycles. The monoisotopic (exact) mass is 1120 g/mol. The lowest BCUT2D eigenvalue weighted by Crippen LogP contribution is -2.45. The number of aliphatic hydroxyl groups excluding tert-OH is 2. The van der Waals surface area contributed by atoms with Crippen LogP contribution in [0.5, 0.6) is 0 Å². The Morgan fingerprint density at radius 1 is 0.350 bits per heavy atom. The first-order chi connectivity index (χ1) is 39.5. The van der Waals surface area contributed by atoms with Crippen LogP contribution in [0, 0.1) is 0 Å². The molecule has 80 heavy (non-hydrogen) atoms. The fourth-order valence-electron chi connectivity index (χ4n) is 11.4. The van der Waals surface area contributed by atoms with Gasteiger partial charge in [-0.05, 0) is 64.2 Å². The highest BCUT2D eigenvalue weighted by Gasteiger charge is 2.18. The van der Waals surface area contributed by atoms with Crippen molar-refractivity contribution in [1.82, 2.24) is 5.32 Å². The molecule has 0 saturated carbocycles. The zero-order chi connectivity index (χ0) is 57.8. The average Bonchev–Trinajstić information content (AvgIpc) is 3.46. The maximum absolute atomic E-state index is 12.5. The number of aliphatic hydroxyl groups is 2. The van der Waals surface area contributed by atoms with E-state index in [2.05, 4.69) is 43.5 Å². The fraction of sp³-hybridized carbons (Fsp3) is 0.892. The Labute approximate surface area is 500 Å². The third-order valence-corrected chi connectivity index (χ3v) is 16.9. The van der Waals surface area contributed by atoms with E-state index >= 15 is 0 Å². The standard InChI is InChI=1S/C74H141NO5/c1-3-5-7-9-11-13-15-17-39-44-48-52-56-60-64-68-74(79)80-69-65-61-57-53-49-45-41-38-36-34-32-30-28-26-24-22-20-18-19-21-23-25-27-29-31-33-35-37-40-43-47-51-55-59-63-67-73(78)75-71(70-76)72(77)66-62-58-54-50-46-42-16-14-12-10-8-6-4-2/h11,13,17,39,62,66,71-72,76-77H,3-10,12,14-16,18-38,40-61,63-65,67-70H2,1-2H3,(H,75,78)/b13-11-,39-17-,66-62+. The average molecular weight is 1120 g/mol. The molecule has 0 bridgehead atoms. The summed E-state index contributed by atoms with van der Waals surface area (Å²) in [4.78, 5) is 24.5. The van der Waals surface area contributed by atoms with Crippen molar-refractivity contribution in [2.75, 3.05) is 13.2 Å². The lowest BCUT2D eigenvalue weighted by molar-refractivity contribution is -0.143. The van der Waals surface area contributed by atoms with Gasteiger partial charge in [-0.25, -0.2) is 0 Å². The van der Waals surface area contributed by atoms with Crippen LogP contribution in [0.3, 0.4) is 0 Å². The molecule has 0 spiro atoms. The second kappa shape index (κ2) is 69.6. The van der Waals surface area contributed by atoms with Crippen LogP contribution in [-0.4, -0.2) is 47.4 Å². The molecule has 0 aliphatic heterocycles. The number of hydrogen-bond donors (Lipinski definition) is 3. The number of carbonyl (C=O) groups is 2. The Morgan fingerprint density at radius 3 is 0.975 bits per heavy atom. The predicted octanol–water partition coefficient (Wildman–Crippen LogP) is 23.5. The van der Waals surface area contributed by atoms with Crippen LogP contribution in [0.15, 0.2) is 36.5 Å². The quantitative estimate of drug-likeness (QED) is 0.0320. The molecular formula is C74H141NO5. The van der Waals surface area contributed by atoms with Crippen molar-refractivity contribution < 1.29 is 24.5 Å². The summed E-state index contributed by atoms with van der Waals surface area (Å²) in [5.41, 5.74) is 0. The summed E-state index contributed by atoms with van der Waals surface area (Å²) >= 11 is 0. The van der Waals surface area contributed by atoms with Crippen molar-refractivity contribution in [2.45, 2.75) is 411 Å². The molecule has 0 aromatic carbocycles. The van der Waals surface area contributed by atoms with E-state index in [4.69, 9.17) is 4.74 Å². The summed E-state index contributed by atoms with van der Waals surface area (Å²) in [6.45, 7) is 4.90. The van der Waals surface area contributed by atoms with Gasteiger partial charge in [-0.15, -0.1) is 0 Å². The Morgan fingerprint density at radius 2 is 0.625 bits per heavy atom. The molecule has 0 aromatic rings. The van der Waals surface area contributed by atoms with Crippen molar-refractivity contribution in [1.29, 1.82) is 0 Å². The van der Waals surface area contributed by atoms with Gasteiger partial charge >= 0.3 is 5.97 Å². The molecule has 6 nitrogen and oxygen atoms in total. The maximum atomic E-state index is 12.5. The lowest BCUT2D eigenvalue weighted by Gasteiger charge is -2.20. The number of unbranched alkanes of at least 4 members (excludes halogenated alkanes) is 53. The van der Waals surface area contributed by atoms with Gasteiger partial charge in [0, 0.05) is 12.8 Å². The first-order valence-electron chi connectivity index (χ1n) is 36.3. The van der Waals surface area contributed by atoms with E-state index in [-0.39, 0.29) is 18.5 Å². The largest absolute Gasteiger partial charge is 0.466 e. The Bertz CT molecular complexity index is 1300. The Hall–Kier alpha value is -1.92. The third kappa shape index (κ3) is 65.2. The number of ether oxygens (including phenoxy) is 1. The Balaban J connectivity index is 3.31. The van der Waals surface area contributed by atoms with Gasteiger partial charge in [0.05, 0.1) is 25.4 Å². The van der Waals surface area contributed by atoms with E-state index in [0.29, 0.717) is 19.4 Å². The van der Waals surface area contributed by atoms with Gasteiger partial charge < -0.3 is 20.3 Å². The number of hydrogen-bond acceptors (Lipinski definition) is 5. The van der Waals surface area contributed by atoms with Gasteiger partial charge in [0.25, 0.3) is 0 Å². The van der Waals surface area contributed by atoms with Crippen LogP contribution in [0.25, 0.3) is 0 Å². The summed E-state index contributed by atoms with van der Waals surface area (Å²) in [5, 5.41) is 23.1. The summed E-state index contributed by atoms with van der Waals surface area (Å²) in [6.07, 6.45) is 89.6. The molecule has 2 unspecified atom stereocenters. The highest BCUT2D eigenvalue weighted by Crippen LogP contribution is 2.19. The molecule has 2 atom stereocenters. The van der Waals surface area contributed by atoms with Crippen LogP contribution in [0.2, 0.25) is 0 Å². The van der Waals surface area contributed by atoms with Crippen molar-refractivity contribution >= 4 is 11.9 Å². The van der Waals surface area contributed by atoms with E-state index < -0.39 is 12.1 Å². The maximum Gasteiger partial charge on any atom is 0.305 e. The number of allylic oxidation sites excluding steroid dienone is 5. The second-order valence-electron chi connectivity index (χ2n) is 24.9. The topological polar surface area (TPSA) is 95.9 Å². The van der Waals surface area contributed by atoms with Crippen LogP contribution in [-0.2, 0) is 14.3 Å². The van der Waals surface area contributed by atoms with Gasteiger partial charge in [-0.1, -0.05) is 359 Å². The van der Waals surface area contributed by atoms with Crippen molar-refractivity contribution in [3.05, 3.63) is 36.5 Å². The van der Waals surface area contributed by atoms with Crippen LogP contribution in [0.4, 0.5) is 0 Å². The molecule has 0 aromatic heterocycles. The normalized spacial score (nSPS) is 12.7. The molecule has 0 heterocycles. The zero-order valence-electron chi connectivity index (χ0n) is 54.1. The molecule has 6 heteroatoms. The van der Waals surface area contributed by atoms with Crippen LogP contribution < -0.4 is 5.32 Å². The van der Waals surface area contributed by atoms with Crippen LogP contribution >= 0.6 is 0 Å². The molecule has 3 N–H and O–H groups in total. The number of rotatable bonds is 68. The summed E-state index contributed by atoms with van der Waals surface area (Å²) in [7, 11) is 0. The highest BCUT2D eigenvalue weighted by atomic mass is 16.5. The third-order valence-electron chi connectivity index (χ3n) is 16.9. The predicted molar refractivity (Wildman–Crippen MR) is 352 cm³/mol. The summed E-state index contributed by atoms with van der Waals surface area (Å²) in [6, 6.07) is -0.623. The first-order valence-corrected chi connectivity index (χ1v) is 36.3. The van der Waals surface area contributed by atoms with Gasteiger partial charge in [0.1, 0.15) is 0 Å². The van der Waals surface area contributed by atoms with Crippen molar-refractivity contribution in [2.24, 2.45) is 0 Å². The fourth-order valence-corrected chi connectivity index (χ4v) is 11.4. The first kappa shape index (κ1) is 78.1. The van der Waals surface area contributed by atoms with Crippen molar-refractivity contribution in [3.63, 3.8) is 0 Å². The molecule has 0 radical (unpaired) electrons.